The number of pyridine rings is 1. The molecule has 0 bridgehead atoms. The molecule has 1 aromatic heterocycles. The van der Waals surface area contributed by atoms with Gasteiger partial charge < -0.3 is 15.1 Å². The Morgan fingerprint density at radius 3 is 2.61 bits per heavy atom. The van der Waals surface area contributed by atoms with Crippen molar-refractivity contribution in [3.05, 3.63) is 53.7 Å². The molecule has 164 valence electrons. The molecular weight excluding hydrogens is 408 g/mol. The number of aromatic nitrogens is 1. The van der Waals surface area contributed by atoms with Crippen LogP contribution in [-0.2, 0) is 11.3 Å². The Morgan fingerprint density at radius 2 is 1.84 bits per heavy atom. The highest BCUT2D eigenvalue weighted by Crippen LogP contribution is 2.34. The molecule has 3 heterocycles. The Balaban J connectivity index is 1.27. The van der Waals surface area contributed by atoms with Gasteiger partial charge in [0.05, 0.1) is 18.0 Å². The number of amides is 2. The number of hydrogen-bond donors (Lipinski definition) is 1. The first-order valence-electron chi connectivity index (χ1n) is 11.2. The van der Waals surface area contributed by atoms with E-state index in [1.54, 1.807) is 11.1 Å². The number of nitrogens with zero attached hydrogens (tertiary/aromatic N) is 3. The van der Waals surface area contributed by atoms with Crippen molar-refractivity contribution in [1.82, 2.24) is 15.2 Å². The van der Waals surface area contributed by atoms with E-state index in [0.29, 0.717) is 24.4 Å². The van der Waals surface area contributed by atoms with Gasteiger partial charge >= 0.3 is 0 Å². The average molecular weight is 439 g/mol. The minimum Gasteiger partial charge on any atom is -0.352 e. The molecule has 0 atom stereocenters. The van der Waals surface area contributed by atoms with Gasteiger partial charge in [0.25, 0.3) is 5.91 Å². The summed E-state index contributed by atoms with van der Waals surface area (Å²) in [7, 11) is 0. The molecule has 0 radical (unpaired) electrons. The molecule has 0 saturated carbocycles. The van der Waals surface area contributed by atoms with E-state index < -0.39 is 0 Å². The van der Waals surface area contributed by atoms with Crippen LogP contribution in [0.15, 0.2) is 47.6 Å². The third-order valence-corrected chi connectivity index (χ3v) is 6.85. The van der Waals surface area contributed by atoms with E-state index in [1.165, 1.54) is 50.5 Å². The van der Waals surface area contributed by atoms with Crippen LogP contribution >= 0.6 is 11.8 Å². The molecule has 1 saturated heterocycles. The van der Waals surface area contributed by atoms with Crippen LogP contribution in [0.1, 0.15) is 48.0 Å². The van der Waals surface area contributed by atoms with Crippen molar-refractivity contribution in [3.63, 3.8) is 0 Å². The molecule has 0 spiro atoms. The van der Waals surface area contributed by atoms with Gasteiger partial charge in [0, 0.05) is 18.3 Å². The van der Waals surface area contributed by atoms with Gasteiger partial charge in [-0.3, -0.25) is 9.59 Å². The van der Waals surface area contributed by atoms with Gasteiger partial charge in [-0.2, -0.15) is 0 Å². The van der Waals surface area contributed by atoms with E-state index >= 15 is 0 Å². The van der Waals surface area contributed by atoms with E-state index in [2.05, 4.69) is 15.2 Å². The van der Waals surface area contributed by atoms with Crippen LogP contribution in [0.4, 0.5) is 5.69 Å². The normalized spacial score (nSPS) is 17.2. The van der Waals surface area contributed by atoms with Crippen molar-refractivity contribution in [2.45, 2.75) is 43.7 Å². The lowest BCUT2D eigenvalue weighted by Crippen LogP contribution is -2.35. The summed E-state index contributed by atoms with van der Waals surface area (Å²) in [6.07, 6.45) is 8.01. The van der Waals surface area contributed by atoms with Crippen LogP contribution in [0.3, 0.4) is 0 Å². The van der Waals surface area contributed by atoms with E-state index in [-0.39, 0.29) is 11.8 Å². The molecule has 2 aliphatic rings. The van der Waals surface area contributed by atoms with Crippen LogP contribution in [0.5, 0.6) is 0 Å². The highest BCUT2D eigenvalue weighted by molar-refractivity contribution is 8.00. The number of likely N-dealkylation sites (tertiary alicyclic amines) is 1. The molecular formula is C24H30N4O2S. The van der Waals surface area contributed by atoms with E-state index in [0.717, 1.165) is 29.2 Å². The Hall–Kier alpha value is -2.38. The fourth-order valence-electron chi connectivity index (χ4n) is 4.13. The SMILES string of the molecule is O=C(NCCCN1CCCCCC1)c1ccc(CN2C(=O)CSc3ncccc32)cc1. The summed E-state index contributed by atoms with van der Waals surface area (Å²) >= 11 is 1.48. The maximum atomic E-state index is 12.5. The van der Waals surface area contributed by atoms with Gasteiger partial charge in [-0.05, 0) is 68.7 Å². The lowest BCUT2D eigenvalue weighted by molar-refractivity contribution is -0.116. The number of carbonyl (C=O) groups is 2. The number of thioether (sulfide) groups is 1. The van der Waals surface area contributed by atoms with Crippen molar-refractivity contribution in [1.29, 1.82) is 0 Å². The zero-order valence-electron chi connectivity index (χ0n) is 17.9. The predicted molar refractivity (Wildman–Crippen MR) is 124 cm³/mol. The Morgan fingerprint density at radius 1 is 1.06 bits per heavy atom. The second-order valence-electron chi connectivity index (χ2n) is 8.16. The highest BCUT2D eigenvalue weighted by atomic mass is 32.2. The first-order chi connectivity index (χ1) is 15.2. The monoisotopic (exact) mass is 438 g/mol. The summed E-state index contributed by atoms with van der Waals surface area (Å²) in [5, 5.41) is 3.92. The molecule has 2 amide bonds. The van der Waals surface area contributed by atoms with Crippen molar-refractivity contribution in [2.24, 2.45) is 0 Å². The molecule has 0 unspecified atom stereocenters. The zero-order valence-corrected chi connectivity index (χ0v) is 18.7. The largest absolute Gasteiger partial charge is 0.352 e. The summed E-state index contributed by atoms with van der Waals surface area (Å²) in [6.45, 7) is 4.61. The van der Waals surface area contributed by atoms with Crippen molar-refractivity contribution in [3.8, 4) is 0 Å². The number of carbonyl (C=O) groups excluding carboxylic acids is 2. The average Bonchev–Trinajstić information content (AvgIpc) is 3.08. The molecule has 2 aliphatic heterocycles. The summed E-state index contributed by atoms with van der Waals surface area (Å²) in [5.41, 5.74) is 2.50. The number of hydrogen-bond acceptors (Lipinski definition) is 5. The van der Waals surface area contributed by atoms with Crippen LogP contribution in [0.25, 0.3) is 0 Å². The summed E-state index contributed by atoms with van der Waals surface area (Å²) in [6, 6.07) is 11.3. The van der Waals surface area contributed by atoms with E-state index in [4.69, 9.17) is 0 Å². The Bertz CT molecular complexity index is 895. The minimum atomic E-state index is -0.0394. The fraction of sp³-hybridized carbons (Fsp3) is 0.458. The number of rotatable bonds is 7. The van der Waals surface area contributed by atoms with Crippen LogP contribution in [0.2, 0.25) is 0 Å². The summed E-state index contributed by atoms with van der Waals surface area (Å²) in [4.78, 5) is 33.6. The van der Waals surface area contributed by atoms with Gasteiger partial charge in [-0.25, -0.2) is 4.98 Å². The maximum Gasteiger partial charge on any atom is 0.251 e. The first kappa shape index (κ1) is 21.8. The lowest BCUT2D eigenvalue weighted by Gasteiger charge is -2.28. The molecule has 7 heteroatoms. The van der Waals surface area contributed by atoms with Crippen LogP contribution < -0.4 is 10.2 Å². The van der Waals surface area contributed by atoms with Gasteiger partial charge in [-0.1, -0.05) is 36.7 Å². The number of nitrogens with one attached hydrogen (secondary N) is 1. The fourth-order valence-corrected chi connectivity index (χ4v) is 5.00. The van der Waals surface area contributed by atoms with Gasteiger partial charge in [0.2, 0.25) is 5.91 Å². The second-order valence-corrected chi connectivity index (χ2v) is 9.12. The van der Waals surface area contributed by atoms with E-state index in [1.807, 2.05) is 36.4 Å². The Kier molecular flexibility index (Phi) is 7.59. The highest BCUT2D eigenvalue weighted by Gasteiger charge is 2.25. The molecule has 6 nitrogen and oxygen atoms in total. The summed E-state index contributed by atoms with van der Waals surface area (Å²) in [5.74, 6) is 0.446. The zero-order chi connectivity index (χ0) is 21.5. The molecule has 31 heavy (non-hydrogen) atoms. The van der Waals surface area contributed by atoms with Crippen LogP contribution in [0, 0.1) is 0 Å². The van der Waals surface area contributed by atoms with E-state index in [9.17, 15) is 9.59 Å². The smallest absolute Gasteiger partial charge is 0.251 e. The third kappa shape index (κ3) is 5.86. The Labute approximate surface area is 188 Å². The molecule has 1 aromatic carbocycles. The van der Waals surface area contributed by atoms with Gasteiger partial charge in [-0.15, -0.1) is 0 Å². The third-order valence-electron chi connectivity index (χ3n) is 5.87. The summed E-state index contributed by atoms with van der Waals surface area (Å²) < 4.78 is 0. The molecule has 0 aliphatic carbocycles. The molecule has 1 fully saturated rings. The van der Waals surface area contributed by atoms with Crippen molar-refractivity contribution < 1.29 is 9.59 Å². The molecule has 4 rings (SSSR count). The number of benzene rings is 1. The van der Waals surface area contributed by atoms with Crippen LogP contribution in [-0.4, -0.2) is 53.6 Å². The molecule has 1 N–H and O–H groups in total. The van der Waals surface area contributed by atoms with Crippen molar-refractivity contribution in [2.75, 3.05) is 36.8 Å². The van der Waals surface area contributed by atoms with Gasteiger partial charge in [0.1, 0.15) is 5.03 Å². The van der Waals surface area contributed by atoms with Crippen molar-refractivity contribution >= 4 is 29.3 Å². The second kappa shape index (κ2) is 10.8. The predicted octanol–water partition coefficient (Wildman–Crippen LogP) is 3.72. The minimum absolute atomic E-state index is 0.0394. The first-order valence-corrected chi connectivity index (χ1v) is 12.2. The number of fused-ring (bicyclic) bond motifs is 1. The number of anilines is 1. The standard InChI is InChI=1S/C24H30N4O2S/c29-22-18-31-24-21(7-5-12-26-24)28(22)17-19-8-10-20(11-9-19)23(30)25-13-6-16-27-14-3-1-2-4-15-27/h5,7-12H,1-4,6,13-18H2,(H,25,30). The molecule has 2 aromatic rings. The van der Waals surface area contributed by atoms with Gasteiger partial charge in [0.15, 0.2) is 0 Å². The quantitative estimate of drug-likeness (QED) is 0.668. The lowest BCUT2D eigenvalue weighted by atomic mass is 10.1. The maximum absolute atomic E-state index is 12.5. The topological polar surface area (TPSA) is 65.5 Å².